The van der Waals surface area contributed by atoms with Crippen LogP contribution in [0, 0.1) is 0 Å². The summed E-state index contributed by atoms with van der Waals surface area (Å²) >= 11 is 0. The Morgan fingerprint density at radius 3 is 2.75 bits per heavy atom. The van der Waals surface area contributed by atoms with E-state index in [4.69, 9.17) is 0 Å². The van der Waals surface area contributed by atoms with Crippen LogP contribution in [0.3, 0.4) is 0 Å². The van der Waals surface area contributed by atoms with E-state index in [1.54, 1.807) is 6.20 Å². The molecule has 108 valence electrons. The lowest BCUT2D eigenvalue weighted by Crippen LogP contribution is -2.26. The molecule has 0 spiro atoms. The fraction of sp³-hybridized carbons (Fsp3) is 0.500. The summed E-state index contributed by atoms with van der Waals surface area (Å²) < 4.78 is 1.83. The van der Waals surface area contributed by atoms with E-state index in [0.29, 0.717) is 13.1 Å². The molecule has 2 N–H and O–H groups in total. The number of hydrogen-bond acceptors (Lipinski definition) is 4. The van der Waals surface area contributed by atoms with E-state index in [-0.39, 0.29) is 11.3 Å². The molecule has 6 nitrogen and oxygen atoms in total. The molecule has 0 unspecified atom stereocenters. The molecule has 0 aliphatic rings. The lowest BCUT2D eigenvalue weighted by Gasteiger charge is -2.13. The van der Waals surface area contributed by atoms with Crippen molar-refractivity contribution in [2.75, 3.05) is 18.4 Å². The molecule has 0 saturated carbocycles. The average Bonchev–Trinajstić information content (AvgIpc) is 2.78. The third-order valence-electron chi connectivity index (χ3n) is 2.95. The zero-order valence-electron chi connectivity index (χ0n) is 12.4. The molecule has 2 rings (SSSR count). The Morgan fingerprint density at radius 2 is 2.10 bits per heavy atom. The van der Waals surface area contributed by atoms with Crippen LogP contribution in [0.25, 0.3) is 5.52 Å². The van der Waals surface area contributed by atoms with E-state index in [2.05, 4.69) is 41.5 Å². The maximum atomic E-state index is 10.8. The van der Waals surface area contributed by atoms with Gasteiger partial charge in [-0.2, -0.15) is 5.10 Å². The summed E-state index contributed by atoms with van der Waals surface area (Å²) in [5.74, 6) is 0.748. The van der Waals surface area contributed by atoms with Gasteiger partial charge < -0.3 is 10.6 Å². The monoisotopic (exact) mass is 275 g/mol. The molecule has 0 fully saturated rings. The summed E-state index contributed by atoms with van der Waals surface area (Å²) in [6.45, 7) is 9.09. The molecule has 0 aromatic carbocycles. The fourth-order valence-corrected chi connectivity index (χ4v) is 1.84. The lowest BCUT2D eigenvalue weighted by molar-refractivity contribution is -0.118. The van der Waals surface area contributed by atoms with Crippen LogP contribution >= 0.6 is 0 Å². The average molecular weight is 275 g/mol. The smallest absolute Gasteiger partial charge is 0.216 e. The Balaban J connectivity index is 2.17. The number of nitrogens with one attached hydrogen (secondary N) is 2. The standard InChI is InChI=1S/C14H21N5O/c1-10(20)15-5-6-16-13-11-9-12(14(2,3)4)18-19(11)8-7-17-13/h7-9H,5-6H2,1-4H3,(H,15,20)(H,16,17). The number of hydrogen-bond donors (Lipinski definition) is 2. The summed E-state index contributed by atoms with van der Waals surface area (Å²) in [4.78, 5) is 15.1. The largest absolute Gasteiger partial charge is 0.367 e. The molecular formula is C14H21N5O. The minimum atomic E-state index is -0.0302. The Morgan fingerprint density at radius 1 is 1.35 bits per heavy atom. The molecule has 2 aromatic heterocycles. The van der Waals surface area contributed by atoms with Crippen molar-refractivity contribution >= 4 is 17.2 Å². The highest BCUT2D eigenvalue weighted by atomic mass is 16.1. The predicted octanol–water partition coefficient (Wildman–Crippen LogP) is 1.57. The van der Waals surface area contributed by atoms with Gasteiger partial charge >= 0.3 is 0 Å². The van der Waals surface area contributed by atoms with Gasteiger partial charge in [0, 0.05) is 37.8 Å². The summed E-state index contributed by atoms with van der Waals surface area (Å²) in [5, 5.41) is 10.5. The van der Waals surface area contributed by atoms with Crippen molar-refractivity contribution in [2.45, 2.75) is 33.1 Å². The van der Waals surface area contributed by atoms with Gasteiger partial charge in [-0.1, -0.05) is 20.8 Å². The summed E-state index contributed by atoms with van der Waals surface area (Å²) in [6.07, 6.45) is 3.55. The summed E-state index contributed by atoms with van der Waals surface area (Å²) in [7, 11) is 0. The molecule has 0 aliphatic carbocycles. The van der Waals surface area contributed by atoms with Crippen LogP contribution in [0.4, 0.5) is 5.82 Å². The maximum Gasteiger partial charge on any atom is 0.216 e. The second kappa shape index (κ2) is 5.48. The van der Waals surface area contributed by atoms with Gasteiger partial charge in [0.05, 0.1) is 5.69 Å². The van der Waals surface area contributed by atoms with Crippen molar-refractivity contribution < 1.29 is 4.79 Å². The second-order valence-corrected chi connectivity index (χ2v) is 5.79. The van der Waals surface area contributed by atoms with E-state index in [1.807, 2.05) is 16.8 Å². The molecule has 1 amide bonds. The lowest BCUT2D eigenvalue weighted by atomic mass is 9.92. The molecule has 0 saturated heterocycles. The topological polar surface area (TPSA) is 71.3 Å². The van der Waals surface area contributed by atoms with Gasteiger partial charge in [-0.3, -0.25) is 4.79 Å². The van der Waals surface area contributed by atoms with Gasteiger partial charge in [0.2, 0.25) is 5.91 Å². The van der Waals surface area contributed by atoms with Crippen molar-refractivity contribution in [1.29, 1.82) is 0 Å². The first-order valence-electron chi connectivity index (χ1n) is 6.71. The van der Waals surface area contributed by atoms with E-state index < -0.39 is 0 Å². The molecule has 0 atom stereocenters. The van der Waals surface area contributed by atoms with E-state index in [1.165, 1.54) is 6.92 Å². The minimum Gasteiger partial charge on any atom is -0.367 e. The maximum absolute atomic E-state index is 10.8. The van der Waals surface area contributed by atoms with Crippen LogP contribution in [0.5, 0.6) is 0 Å². The van der Waals surface area contributed by atoms with Crippen LogP contribution in [0.2, 0.25) is 0 Å². The zero-order chi connectivity index (χ0) is 14.8. The zero-order valence-corrected chi connectivity index (χ0v) is 12.4. The minimum absolute atomic E-state index is 0.000521. The Bertz CT molecular complexity index is 612. The van der Waals surface area contributed by atoms with Crippen LogP contribution in [0.1, 0.15) is 33.4 Å². The summed E-state index contributed by atoms with van der Waals surface area (Å²) in [5.41, 5.74) is 1.97. The van der Waals surface area contributed by atoms with Crippen molar-refractivity contribution in [2.24, 2.45) is 0 Å². The first-order valence-corrected chi connectivity index (χ1v) is 6.71. The summed E-state index contributed by atoms with van der Waals surface area (Å²) in [6, 6.07) is 2.05. The van der Waals surface area contributed by atoms with Crippen molar-refractivity contribution in [3.63, 3.8) is 0 Å². The molecule has 2 heterocycles. The number of aromatic nitrogens is 3. The molecule has 20 heavy (non-hydrogen) atoms. The Kier molecular flexibility index (Phi) is 3.92. The highest BCUT2D eigenvalue weighted by Crippen LogP contribution is 2.24. The van der Waals surface area contributed by atoms with Crippen molar-refractivity contribution in [3.05, 3.63) is 24.2 Å². The molecular weight excluding hydrogens is 254 g/mol. The molecule has 0 radical (unpaired) electrons. The van der Waals surface area contributed by atoms with Gasteiger partial charge in [-0.15, -0.1) is 0 Å². The van der Waals surface area contributed by atoms with Crippen LogP contribution in [0.15, 0.2) is 18.5 Å². The molecule has 2 aromatic rings. The van der Waals surface area contributed by atoms with Gasteiger partial charge in [-0.05, 0) is 6.07 Å². The number of anilines is 1. The Hall–Kier alpha value is -2.11. The second-order valence-electron chi connectivity index (χ2n) is 5.79. The quantitative estimate of drug-likeness (QED) is 0.831. The number of nitrogens with zero attached hydrogens (tertiary/aromatic N) is 3. The highest BCUT2D eigenvalue weighted by molar-refractivity contribution is 5.73. The first kappa shape index (κ1) is 14.3. The van der Waals surface area contributed by atoms with Crippen LogP contribution < -0.4 is 10.6 Å². The van der Waals surface area contributed by atoms with E-state index in [9.17, 15) is 4.79 Å². The normalized spacial score (nSPS) is 11.6. The number of amides is 1. The number of carbonyl (C=O) groups is 1. The molecule has 0 bridgehead atoms. The van der Waals surface area contributed by atoms with E-state index in [0.717, 1.165) is 17.0 Å². The number of carbonyl (C=O) groups excluding carboxylic acids is 1. The molecule has 6 heteroatoms. The Labute approximate surface area is 118 Å². The van der Waals surface area contributed by atoms with Gasteiger partial charge in [0.1, 0.15) is 5.52 Å². The third kappa shape index (κ3) is 3.26. The van der Waals surface area contributed by atoms with Crippen molar-refractivity contribution in [3.8, 4) is 0 Å². The van der Waals surface area contributed by atoms with Gasteiger partial charge in [0.15, 0.2) is 5.82 Å². The van der Waals surface area contributed by atoms with Crippen LogP contribution in [-0.2, 0) is 10.2 Å². The highest BCUT2D eigenvalue weighted by Gasteiger charge is 2.18. The van der Waals surface area contributed by atoms with Gasteiger partial charge in [-0.25, -0.2) is 9.50 Å². The first-order chi connectivity index (χ1) is 9.38. The number of fused-ring (bicyclic) bond motifs is 1. The SMILES string of the molecule is CC(=O)NCCNc1nccn2nc(C(C)(C)C)cc12. The van der Waals surface area contributed by atoms with Crippen LogP contribution in [-0.4, -0.2) is 33.6 Å². The van der Waals surface area contributed by atoms with Crippen molar-refractivity contribution in [1.82, 2.24) is 19.9 Å². The van der Waals surface area contributed by atoms with E-state index >= 15 is 0 Å². The molecule has 0 aliphatic heterocycles. The third-order valence-corrected chi connectivity index (χ3v) is 2.95. The predicted molar refractivity (Wildman–Crippen MR) is 78.9 cm³/mol. The van der Waals surface area contributed by atoms with Gasteiger partial charge in [0.25, 0.3) is 0 Å². The fourth-order valence-electron chi connectivity index (χ4n) is 1.84. The number of rotatable bonds is 4.